The topological polar surface area (TPSA) is 62.2 Å². The predicted molar refractivity (Wildman–Crippen MR) is 84.1 cm³/mol. The van der Waals surface area contributed by atoms with Crippen molar-refractivity contribution in [1.29, 1.82) is 0 Å². The molecule has 2 rings (SSSR count). The van der Waals surface area contributed by atoms with Crippen LogP contribution in [0.5, 0.6) is 0 Å². The number of carbonyl (C=O) groups is 1. The Hall–Kier alpha value is -0.590. The molecule has 1 atom stereocenters. The van der Waals surface area contributed by atoms with E-state index in [4.69, 9.17) is 0 Å². The van der Waals surface area contributed by atoms with Gasteiger partial charge in [0.2, 0.25) is 0 Å². The van der Waals surface area contributed by atoms with Crippen molar-refractivity contribution in [3.8, 4) is 0 Å². The summed E-state index contributed by atoms with van der Waals surface area (Å²) in [7, 11) is 0. The van der Waals surface area contributed by atoms with Crippen molar-refractivity contribution in [2.75, 3.05) is 5.75 Å². The third-order valence-electron chi connectivity index (χ3n) is 3.34. The molecule has 4 nitrogen and oxygen atoms in total. The summed E-state index contributed by atoms with van der Waals surface area (Å²) in [6.07, 6.45) is 5.46. The number of hydrogen-bond donors (Lipinski definition) is 2. The van der Waals surface area contributed by atoms with Crippen molar-refractivity contribution in [3.63, 3.8) is 0 Å². The number of rotatable bonds is 8. The summed E-state index contributed by atoms with van der Waals surface area (Å²) in [6, 6.07) is 4.33. The number of thioether (sulfide) groups is 1. The van der Waals surface area contributed by atoms with Crippen molar-refractivity contribution in [2.24, 2.45) is 0 Å². The smallest absolute Gasteiger partial charge is 0.323 e. The van der Waals surface area contributed by atoms with Gasteiger partial charge in [-0.25, -0.2) is 4.98 Å². The SMILES string of the molecule is CC(CCCSc1ccc(Br)cn1)(NC1CC1)C(=O)O. The van der Waals surface area contributed by atoms with Gasteiger partial charge in [-0.1, -0.05) is 0 Å². The molecule has 1 heterocycles. The average molecular weight is 359 g/mol. The Kier molecular flexibility index (Phi) is 5.46. The molecule has 110 valence electrons. The zero-order valence-electron chi connectivity index (χ0n) is 11.4. The van der Waals surface area contributed by atoms with E-state index in [1.165, 1.54) is 0 Å². The zero-order chi connectivity index (χ0) is 14.6. The van der Waals surface area contributed by atoms with Gasteiger partial charge in [0.1, 0.15) is 5.54 Å². The molecule has 2 N–H and O–H groups in total. The molecule has 1 aliphatic rings. The quantitative estimate of drug-likeness (QED) is 0.551. The highest BCUT2D eigenvalue weighted by Crippen LogP contribution is 2.26. The van der Waals surface area contributed by atoms with E-state index >= 15 is 0 Å². The second-order valence-electron chi connectivity index (χ2n) is 5.32. The van der Waals surface area contributed by atoms with Gasteiger partial charge < -0.3 is 5.11 Å². The van der Waals surface area contributed by atoms with Gasteiger partial charge in [-0.15, -0.1) is 11.8 Å². The van der Waals surface area contributed by atoms with Gasteiger partial charge in [-0.3, -0.25) is 10.1 Å². The first-order valence-corrected chi connectivity index (χ1v) is 8.53. The number of halogens is 1. The van der Waals surface area contributed by atoms with Crippen LogP contribution >= 0.6 is 27.7 Å². The van der Waals surface area contributed by atoms with Gasteiger partial charge in [-0.2, -0.15) is 0 Å². The third-order valence-corrected chi connectivity index (χ3v) is 4.84. The van der Waals surface area contributed by atoms with Crippen molar-refractivity contribution >= 4 is 33.7 Å². The number of nitrogens with zero attached hydrogens (tertiary/aromatic N) is 1. The average Bonchev–Trinajstić information content (AvgIpc) is 3.20. The molecular weight excluding hydrogens is 340 g/mol. The van der Waals surface area contributed by atoms with Crippen molar-refractivity contribution in [1.82, 2.24) is 10.3 Å². The Morgan fingerprint density at radius 2 is 2.35 bits per heavy atom. The molecule has 0 bridgehead atoms. The molecule has 0 amide bonds. The summed E-state index contributed by atoms with van der Waals surface area (Å²) in [5, 5.41) is 13.6. The number of hydrogen-bond acceptors (Lipinski definition) is 4. The second-order valence-corrected chi connectivity index (χ2v) is 7.35. The minimum absolute atomic E-state index is 0.400. The highest BCUT2D eigenvalue weighted by Gasteiger charge is 2.37. The Morgan fingerprint density at radius 1 is 1.60 bits per heavy atom. The van der Waals surface area contributed by atoms with Gasteiger partial charge >= 0.3 is 5.97 Å². The number of pyridine rings is 1. The standard InChI is InChI=1S/C14H19BrN2O2S/c1-14(13(18)19,17-11-4-5-11)7-2-8-20-12-6-3-10(15)9-16-12/h3,6,9,11,17H,2,4-5,7-8H2,1H3,(H,18,19). The molecule has 20 heavy (non-hydrogen) atoms. The van der Waals surface area contributed by atoms with E-state index in [2.05, 4.69) is 26.2 Å². The van der Waals surface area contributed by atoms with E-state index in [1.807, 2.05) is 12.1 Å². The first kappa shape index (κ1) is 15.8. The molecule has 1 aromatic heterocycles. The largest absolute Gasteiger partial charge is 0.480 e. The number of aliphatic carboxylic acids is 1. The summed E-state index contributed by atoms with van der Waals surface area (Å²) < 4.78 is 0.967. The Morgan fingerprint density at radius 3 is 2.90 bits per heavy atom. The van der Waals surface area contributed by atoms with Crippen LogP contribution in [0, 0.1) is 0 Å². The lowest BCUT2D eigenvalue weighted by atomic mass is 9.96. The van der Waals surface area contributed by atoms with Crippen LogP contribution in [-0.4, -0.2) is 33.4 Å². The molecular formula is C14H19BrN2O2S. The fourth-order valence-electron chi connectivity index (χ4n) is 1.97. The Bertz CT molecular complexity index is 465. The minimum atomic E-state index is -0.797. The first-order valence-electron chi connectivity index (χ1n) is 6.75. The van der Waals surface area contributed by atoms with Gasteiger partial charge in [0.15, 0.2) is 0 Å². The van der Waals surface area contributed by atoms with Crippen LogP contribution in [0.2, 0.25) is 0 Å². The molecule has 0 aliphatic heterocycles. The maximum absolute atomic E-state index is 11.4. The normalized spacial score (nSPS) is 17.7. The van der Waals surface area contributed by atoms with E-state index in [9.17, 15) is 9.90 Å². The fourth-order valence-corrected chi connectivity index (χ4v) is 2.99. The van der Waals surface area contributed by atoms with Crippen molar-refractivity contribution in [3.05, 3.63) is 22.8 Å². The molecule has 1 aromatic rings. The predicted octanol–water partition coefficient (Wildman–Crippen LogP) is 3.31. The Labute approximate surface area is 131 Å². The molecule has 0 saturated heterocycles. The lowest BCUT2D eigenvalue weighted by Crippen LogP contribution is -2.50. The molecule has 1 unspecified atom stereocenters. The Balaban J connectivity index is 1.75. The molecule has 1 fully saturated rings. The van der Waals surface area contributed by atoms with Crippen LogP contribution < -0.4 is 5.32 Å². The maximum atomic E-state index is 11.4. The minimum Gasteiger partial charge on any atom is -0.480 e. The number of carboxylic acids is 1. The number of aromatic nitrogens is 1. The summed E-state index contributed by atoms with van der Waals surface area (Å²) >= 11 is 5.02. The van der Waals surface area contributed by atoms with Crippen molar-refractivity contribution < 1.29 is 9.90 Å². The maximum Gasteiger partial charge on any atom is 0.323 e. The van der Waals surface area contributed by atoms with Crippen LogP contribution in [-0.2, 0) is 4.79 Å². The summed E-state index contributed by atoms with van der Waals surface area (Å²) in [4.78, 5) is 15.7. The second kappa shape index (κ2) is 6.91. The number of nitrogens with one attached hydrogen (secondary N) is 1. The molecule has 0 spiro atoms. The monoisotopic (exact) mass is 358 g/mol. The van der Waals surface area contributed by atoms with Crippen LogP contribution in [0.3, 0.4) is 0 Å². The van der Waals surface area contributed by atoms with E-state index in [1.54, 1.807) is 24.9 Å². The van der Waals surface area contributed by atoms with Gasteiger partial charge in [-0.05, 0) is 66.4 Å². The molecule has 1 saturated carbocycles. The third kappa shape index (κ3) is 4.75. The van der Waals surface area contributed by atoms with Gasteiger partial charge in [0, 0.05) is 16.7 Å². The molecule has 6 heteroatoms. The van der Waals surface area contributed by atoms with E-state index in [0.717, 1.165) is 34.5 Å². The van der Waals surface area contributed by atoms with E-state index < -0.39 is 11.5 Å². The highest BCUT2D eigenvalue weighted by atomic mass is 79.9. The van der Waals surface area contributed by atoms with Crippen LogP contribution in [0.15, 0.2) is 27.8 Å². The fraction of sp³-hybridized carbons (Fsp3) is 0.571. The van der Waals surface area contributed by atoms with Gasteiger partial charge in [0.25, 0.3) is 0 Å². The van der Waals surface area contributed by atoms with E-state index in [-0.39, 0.29) is 0 Å². The van der Waals surface area contributed by atoms with Crippen LogP contribution in [0.25, 0.3) is 0 Å². The highest BCUT2D eigenvalue weighted by molar-refractivity contribution is 9.10. The molecule has 0 aromatic carbocycles. The zero-order valence-corrected chi connectivity index (χ0v) is 13.8. The number of carboxylic acid groups (broad SMARTS) is 1. The van der Waals surface area contributed by atoms with Crippen LogP contribution in [0.1, 0.15) is 32.6 Å². The molecule has 0 radical (unpaired) electrons. The summed E-state index contributed by atoms with van der Waals surface area (Å²) in [6.45, 7) is 1.79. The van der Waals surface area contributed by atoms with E-state index in [0.29, 0.717) is 12.5 Å². The summed E-state index contributed by atoms with van der Waals surface area (Å²) in [5.41, 5.74) is -0.797. The summed E-state index contributed by atoms with van der Waals surface area (Å²) in [5.74, 6) is 0.125. The van der Waals surface area contributed by atoms with Crippen molar-refractivity contribution in [2.45, 2.75) is 49.2 Å². The molecule has 1 aliphatic carbocycles. The first-order chi connectivity index (χ1) is 9.49. The van der Waals surface area contributed by atoms with Crippen LogP contribution in [0.4, 0.5) is 0 Å². The lowest BCUT2D eigenvalue weighted by molar-refractivity contribution is -0.144. The van der Waals surface area contributed by atoms with Gasteiger partial charge in [0.05, 0.1) is 5.03 Å². The lowest BCUT2D eigenvalue weighted by Gasteiger charge is -2.26.